The highest BCUT2D eigenvalue weighted by molar-refractivity contribution is 5.97. The second-order valence-corrected chi connectivity index (χ2v) is 10.3. The molecule has 198 valence electrons. The fourth-order valence-corrected chi connectivity index (χ4v) is 5.75. The van der Waals surface area contributed by atoms with Crippen LogP contribution in [0.15, 0.2) is 79.5 Å². The Bertz CT molecular complexity index is 1610. The molecule has 8 nitrogen and oxygen atoms in total. The number of benzene rings is 2. The van der Waals surface area contributed by atoms with Gasteiger partial charge in [0.1, 0.15) is 0 Å². The maximum Gasteiger partial charge on any atom is 0.233 e. The van der Waals surface area contributed by atoms with Crippen LogP contribution >= 0.6 is 0 Å². The summed E-state index contributed by atoms with van der Waals surface area (Å²) in [5.74, 6) is 0.463. The molecule has 6 rings (SSSR count). The molecule has 1 aliphatic heterocycles. The number of anilines is 1. The molecule has 0 bridgehead atoms. The standard InChI is InChI=1S/C31H33N7O/c1-32-29(39)20-38-14-8-22(9-15-38)30(24-4-3-10-33-19-24)36-25-17-26(31-27(18-25)34-11-12-35-31)23-6-5-21-7-13-37(2)28(21)16-23/h3-7,10-13,16-19,22,30,36H,8-9,14-15,20H2,1-2H3,(H,32,39). The van der Waals surface area contributed by atoms with Crippen molar-refractivity contribution in [3.8, 4) is 11.1 Å². The van der Waals surface area contributed by atoms with Crippen molar-refractivity contribution in [3.63, 3.8) is 0 Å². The number of fused-ring (bicyclic) bond motifs is 2. The molecule has 2 N–H and O–H groups in total. The van der Waals surface area contributed by atoms with E-state index in [-0.39, 0.29) is 11.9 Å². The number of piperidine rings is 1. The Morgan fingerprint density at radius 2 is 1.90 bits per heavy atom. The molecular formula is C31H33N7O. The third-order valence-electron chi connectivity index (χ3n) is 7.89. The number of amides is 1. The number of rotatable bonds is 7. The Labute approximate surface area is 228 Å². The lowest BCUT2D eigenvalue weighted by Gasteiger charge is -2.36. The van der Waals surface area contributed by atoms with Crippen molar-refractivity contribution in [2.45, 2.75) is 18.9 Å². The average molecular weight is 520 g/mol. The number of carbonyl (C=O) groups excluding carboxylic acids is 1. The first kappa shape index (κ1) is 25.0. The second kappa shape index (κ2) is 10.8. The zero-order chi connectivity index (χ0) is 26.8. The van der Waals surface area contributed by atoms with Gasteiger partial charge in [-0.3, -0.25) is 24.6 Å². The SMILES string of the molecule is CNC(=O)CN1CCC(C(Nc2cc(-c3ccc4ccn(C)c4c3)c3nccnc3c2)c2cccnc2)CC1. The number of likely N-dealkylation sites (tertiary alicyclic amines) is 1. The predicted octanol–water partition coefficient (Wildman–Crippen LogP) is 4.79. The lowest BCUT2D eigenvalue weighted by molar-refractivity contribution is -0.122. The minimum absolute atomic E-state index is 0.0636. The van der Waals surface area contributed by atoms with Gasteiger partial charge >= 0.3 is 0 Å². The monoisotopic (exact) mass is 519 g/mol. The zero-order valence-corrected chi connectivity index (χ0v) is 22.3. The minimum Gasteiger partial charge on any atom is -0.378 e. The molecule has 1 saturated heterocycles. The van der Waals surface area contributed by atoms with Crippen LogP contribution in [0.4, 0.5) is 5.69 Å². The van der Waals surface area contributed by atoms with E-state index in [1.807, 2.05) is 18.5 Å². The summed E-state index contributed by atoms with van der Waals surface area (Å²) in [4.78, 5) is 27.9. The Balaban J connectivity index is 1.35. The van der Waals surface area contributed by atoms with Crippen molar-refractivity contribution in [1.29, 1.82) is 0 Å². The van der Waals surface area contributed by atoms with Gasteiger partial charge in [0, 0.05) is 61.8 Å². The van der Waals surface area contributed by atoms with Crippen LogP contribution in [0.25, 0.3) is 33.1 Å². The summed E-state index contributed by atoms with van der Waals surface area (Å²) in [7, 11) is 3.76. The number of nitrogens with zero attached hydrogens (tertiary/aromatic N) is 5. The van der Waals surface area contributed by atoms with Crippen molar-refractivity contribution < 1.29 is 4.79 Å². The molecule has 1 aliphatic rings. The molecule has 39 heavy (non-hydrogen) atoms. The van der Waals surface area contributed by atoms with E-state index in [0.717, 1.165) is 59.3 Å². The molecule has 5 aromatic rings. The molecule has 8 heteroatoms. The Hall–Kier alpha value is -4.30. The summed E-state index contributed by atoms with van der Waals surface area (Å²) in [5.41, 5.74) is 7.25. The molecule has 1 unspecified atom stereocenters. The summed E-state index contributed by atoms with van der Waals surface area (Å²) in [6, 6.07) is 17.2. The Morgan fingerprint density at radius 3 is 2.69 bits per heavy atom. The van der Waals surface area contributed by atoms with E-state index in [1.54, 1.807) is 19.4 Å². The summed E-state index contributed by atoms with van der Waals surface area (Å²) in [5, 5.41) is 7.82. The topological polar surface area (TPSA) is 88.0 Å². The summed E-state index contributed by atoms with van der Waals surface area (Å²) < 4.78 is 2.14. The van der Waals surface area contributed by atoms with E-state index in [0.29, 0.717) is 12.5 Å². The molecule has 1 fully saturated rings. The summed E-state index contributed by atoms with van der Waals surface area (Å²) >= 11 is 0. The van der Waals surface area contributed by atoms with Crippen LogP contribution in [0, 0.1) is 5.92 Å². The maximum atomic E-state index is 11.9. The number of carbonyl (C=O) groups is 1. The fraction of sp³-hybridized carbons (Fsp3) is 0.290. The molecule has 3 aromatic heterocycles. The van der Waals surface area contributed by atoms with Crippen molar-refractivity contribution in [1.82, 2.24) is 29.7 Å². The minimum atomic E-state index is 0.0636. The van der Waals surface area contributed by atoms with Crippen LogP contribution < -0.4 is 10.6 Å². The lowest BCUT2D eigenvalue weighted by Crippen LogP contribution is -2.42. The van der Waals surface area contributed by atoms with Crippen LogP contribution in [0.2, 0.25) is 0 Å². The molecule has 0 aliphatic carbocycles. The van der Waals surface area contributed by atoms with Crippen LogP contribution in [0.3, 0.4) is 0 Å². The van der Waals surface area contributed by atoms with Gasteiger partial charge in [0.25, 0.3) is 0 Å². The first-order valence-electron chi connectivity index (χ1n) is 13.5. The molecule has 0 radical (unpaired) electrons. The first-order chi connectivity index (χ1) is 19.1. The second-order valence-electron chi connectivity index (χ2n) is 10.3. The van der Waals surface area contributed by atoms with Crippen molar-refractivity contribution in [2.24, 2.45) is 13.0 Å². The van der Waals surface area contributed by atoms with Gasteiger partial charge in [-0.2, -0.15) is 0 Å². The Morgan fingerprint density at radius 1 is 1.05 bits per heavy atom. The third kappa shape index (κ3) is 5.20. The van der Waals surface area contributed by atoms with Gasteiger partial charge in [-0.1, -0.05) is 18.2 Å². The van der Waals surface area contributed by atoms with E-state index in [2.05, 4.69) is 85.8 Å². The maximum absolute atomic E-state index is 11.9. The van der Waals surface area contributed by atoms with Gasteiger partial charge < -0.3 is 15.2 Å². The van der Waals surface area contributed by atoms with Crippen LogP contribution in [-0.2, 0) is 11.8 Å². The molecule has 2 aromatic carbocycles. The highest BCUT2D eigenvalue weighted by atomic mass is 16.1. The number of likely N-dealkylation sites (N-methyl/N-ethyl adjacent to an activating group) is 1. The number of nitrogens with one attached hydrogen (secondary N) is 2. The summed E-state index contributed by atoms with van der Waals surface area (Å²) in [6.07, 6.45) is 11.3. The van der Waals surface area contributed by atoms with E-state index in [9.17, 15) is 4.79 Å². The van der Waals surface area contributed by atoms with Crippen LogP contribution in [-0.4, -0.2) is 57.0 Å². The molecular weight excluding hydrogens is 486 g/mol. The van der Waals surface area contributed by atoms with Crippen molar-refractivity contribution in [3.05, 3.63) is 85.1 Å². The highest BCUT2D eigenvalue weighted by Crippen LogP contribution is 2.37. The van der Waals surface area contributed by atoms with E-state index in [1.165, 1.54) is 10.9 Å². The fourth-order valence-electron chi connectivity index (χ4n) is 5.75. The molecule has 1 amide bonds. The number of pyridine rings is 1. The van der Waals surface area contributed by atoms with Crippen LogP contribution in [0.1, 0.15) is 24.4 Å². The Kier molecular flexibility index (Phi) is 6.94. The van der Waals surface area contributed by atoms with Crippen LogP contribution in [0.5, 0.6) is 0 Å². The highest BCUT2D eigenvalue weighted by Gasteiger charge is 2.29. The summed E-state index contributed by atoms with van der Waals surface area (Å²) in [6.45, 7) is 2.23. The largest absolute Gasteiger partial charge is 0.378 e. The quantitative estimate of drug-likeness (QED) is 0.321. The number of hydrogen-bond donors (Lipinski definition) is 2. The van der Waals surface area contributed by atoms with Gasteiger partial charge in [0.2, 0.25) is 5.91 Å². The van der Waals surface area contributed by atoms with Gasteiger partial charge in [0.05, 0.1) is 23.6 Å². The van der Waals surface area contributed by atoms with Gasteiger partial charge in [0.15, 0.2) is 0 Å². The third-order valence-corrected chi connectivity index (χ3v) is 7.89. The van der Waals surface area contributed by atoms with Gasteiger partial charge in [-0.15, -0.1) is 0 Å². The van der Waals surface area contributed by atoms with Crippen molar-refractivity contribution >= 4 is 33.5 Å². The molecule has 0 spiro atoms. The number of aryl methyl sites for hydroxylation is 1. The van der Waals surface area contributed by atoms with Crippen molar-refractivity contribution in [2.75, 3.05) is 32.0 Å². The van der Waals surface area contributed by atoms with E-state index >= 15 is 0 Å². The lowest BCUT2D eigenvalue weighted by atomic mass is 9.85. The average Bonchev–Trinajstić information content (AvgIpc) is 3.36. The molecule has 0 saturated carbocycles. The van der Waals surface area contributed by atoms with Gasteiger partial charge in [-0.25, -0.2) is 0 Å². The smallest absolute Gasteiger partial charge is 0.233 e. The first-order valence-corrected chi connectivity index (χ1v) is 13.5. The normalized spacial score (nSPS) is 15.4. The van der Waals surface area contributed by atoms with E-state index in [4.69, 9.17) is 4.98 Å². The predicted molar refractivity (Wildman–Crippen MR) is 155 cm³/mol. The van der Waals surface area contributed by atoms with Gasteiger partial charge in [-0.05, 0) is 78.7 Å². The molecule has 1 atom stereocenters. The van der Waals surface area contributed by atoms with E-state index < -0.39 is 0 Å². The number of aromatic nitrogens is 4. The number of hydrogen-bond acceptors (Lipinski definition) is 6. The zero-order valence-electron chi connectivity index (χ0n) is 22.3. The molecule has 4 heterocycles.